The topological polar surface area (TPSA) is 63.3 Å². The summed E-state index contributed by atoms with van der Waals surface area (Å²) in [6, 6.07) is 7.31. The van der Waals surface area contributed by atoms with Crippen molar-refractivity contribution in [2.24, 2.45) is 11.7 Å². The van der Waals surface area contributed by atoms with Crippen LogP contribution < -0.4 is 5.73 Å². The molecule has 1 aliphatic carbocycles. The average molecular weight is 177 g/mol. The number of fused-ring (bicyclic) bond motifs is 1. The first-order chi connectivity index (χ1) is 6.20. The summed E-state index contributed by atoms with van der Waals surface area (Å²) in [6.07, 6.45) is 0.562. The maximum absolute atomic E-state index is 10.8. The minimum absolute atomic E-state index is 0.339. The van der Waals surface area contributed by atoms with Crippen LogP contribution in [0.1, 0.15) is 17.2 Å². The van der Waals surface area contributed by atoms with E-state index in [2.05, 4.69) is 0 Å². The van der Waals surface area contributed by atoms with Gasteiger partial charge in [-0.2, -0.15) is 0 Å². The maximum Gasteiger partial charge on any atom is 0.308 e. The van der Waals surface area contributed by atoms with E-state index in [1.54, 1.807) is 0 Å². The van der Waals surface area contributed by atoms with E-state index in [0.29, 0.717) is 6.42 Å². The summed E-state index contributed by atoms with van der Waals surface area (Å²) in [5.41, 5.74) is 7.86. The molecule has 3 N–H and O–H groups in total. The maximum atomic E-state index is 10.8. The monoisotopic (exact) mass is 177 g/mol. The first kappa shape index (κ1) is 8.26. The van der Waals surface area contributed by atoms with Gasteiger partial charge in [0.25, 0.3) is 0 Å². The third-order valence-electron chi connectivity index (χ3n) is 2.60. The van der Waals surface area contributed by atoms with E-state index in [9.17, 15) is 4.79 Å². The molecule has 0 unspecified atom stereocenters. The van der Waals surface area contributed by atoms with Gasteiger partial charge in [0, 0.05) is 6.04 Å². The predicted octanol–water partition coefficient (Wildman–Crippen LogP) is 0.943. The molecule has 0 aliphatic heterocycles. The van der Waals surface area contributed by atoms with Crippen LogP contribution in [-0.2, 0) is 11.2 Å². The SMILES string of the molecule is N[C@@H]1c2ccccc2C[C@@H]1C(=O)O. The summed E-state index contributed by atoms with van der Waals surface area (Å²) < 4.78 is 0. The van der Waals surface area contributed by atoms with Crippen LogP contribution in [0.3, 0.4) is 0 Å². The van der Waals surface area contributed by atoms with E-state index in [1.165, 1.54) is 0 Å². The highest BCUT2D eigenvalue weighted by Gasteiger charge is 2.34. The number of carbonyl (C=O) groups is 1. The second kappa shape index (κ2) is 2.85. The van der Waals surface area contributed by atoms with Gasteiger partial charge in [0.15, 0.2) is 0 Å². The molecule has 3 nitrogen and oxygen atoms in total. The van der Waals surface area contributed by atoms with E-state index in [4.69, 9.17) is 10.8 Å². The molecule has 0 saturated carbocycles. The van der Waals surface area contributed by atoms with Gasteiger partial charge in [-0.1, -0.05) is 24.3 Å². The summed E-state index contributed by atoms with van der Waals surface area (Å²) in [7, 11) is 0. The van der Waals surface area contributed by atoms with Crippen molar-refractivity contribution in [3.8, 4) is 0 Å². The lowest BCUT2D eigenvalue weighted by Crippen LogP contribution is -2.24. The van der Waals surface area contributed by atoms with Gasteiger partial charge in [-0.15, -0.1) is 0 Å². The summed E-state index contributed by atoms with van der Waals surface area (Å²) in [4.78, 5) is 10.8. The van der Waals surface area contributed by atoms with Crippen LogP contribution in [0.15, 0.2) is 24.3 Å². The molecule has 0 heterocycles. The highest BCUT2D eigenvalue weighted by Crippen LogP contribution is 2.33. The number of aliphatic carboxylic acids is 1. The Kier molecular flexibility index (Phi) is 1.81. The Labute approximate surface area is 76.2 Å². The number of hydrogen-bond acceptors (Lipinski definition) is 2. The lowest BCUT2D eigenvalue weighted by atomic mass is 10.0. The largest absolute Gasteiger partial charge is 0.481 e. The smallest absolute Gasteiger partial charge is 0.308 e. The highest BCUT2D eigenvalue weighted by atomic mass is 16.4. The van der Waals surface area contributed by atoms with Crippen molar-refractivity contribution in [3.63, 3.8) is 0 Å². The van der Waals surface area contributed by atoms with Crippen molar-refractivity contribution in [2.75, 3.05) is 0 Å². The molecule has 0 saturated heterocycles. The molecule has 2 rings (SSSR count). The van der Waals surface area contributed by atoms with Crippen LogP contribution in [0.25, 0.3) is 0 Å². The normalized spacial score (nSPS) is 25.6. The number of rotatable bonds is 1. The molecule has 1 aromatic rings. The Morgan fingerprint density at radius 2 is 2.15 bits per heavy atom. The van der Waals surface area contributed by atoms with Gasteiger partial charge >= 0.3 is 5.97 Å². The minimum atomic E-state index is -0.802. The summed E-state index contributed by atoms with van der Waals surface area (Å²) in [5.74, 6) is -1.25. The average Bonchev–Trinajstić information content (AvgIpc) is 2.45. The van der Waals surface area contributed by atoms with E-state index < -0.39 is 11.9 Å². The van der Waals surface area contributed by atoms with Gasteiger partial charge in [0.1, 0.15) is 0 Å². The van der Waals surface area contributed by atoms with Gasteiger partial charge in [-0.25, -0.2) is 0 Å². The molecule has 0 aromatic heterocycles. The quantitative estimate of drug-likeness (QED) is 0.671. The van der Waals surface area contributed by atoms with E-state index in [-0.39, 0.29) is 6.04 Å². The molecule has 0 spiro atoms. The van der Waals surface area contributed by atoms with Gasteiger partial charge in [0.05, 0.1) is 5.92 Å². The standard InChI is InChI=1S/C10H11NO2/c11-9-7-4-2-1-3-6(7)5-8(9)10(12)13/h1-4,8-9H,5,11H2,(H,12,13)/t8-,9+/m0/s1. The lowest BCUT2D eigenvalue weighted by molar-refractivity contribution is -0.142. The summed E-state index contributed by atoms with van der Waals surface area (Å²) in [5, 5.41) is 8.88. The zero-order chi connectivity index (χ0) is 9.42. The molecule has 0 fully saturated rings. The zero-order valence-electron chi connectivity index (χ0n) is 7.10. The van der Waals surface area contributed by atoms with Gasteiger partial charge < -0.3 is 10.8 Å². The Bertz CT molecular complexity index is 349. The lowest BCUT2D eigenvalue weighted by Gasteiger charge is -2.09. The van der Waals surface area contributed by atoms with E-state index in [1.807, 2.05) is 24.3 Å². The Hall–Kier alpha value is -1.35. The van der Waals surface area contributed by atoms with E-state index in [0.717, 1.165) is 11.1 Å². The second-order valence-corrected chi connectivity index (χ2v) is 3.37. The summed E-state index contributed by atoms with van der Waals surface area (Å²) in [6.45, 7) is 0. The fourth-order valence-corrected chi connectivity index (χ4v) is 1.87. The molecule has 3 heteroatoms. The molecular formula is C10H11NO2. The van der Waals surface area contributed by atoms with Crippen molar-refractivity contribution in [1.82, 2.24) is 0 Å². The van der Waals surface area contributed by atoms with Crippen LogP contribution in [0.2, 0.25) is 0 Å². The van der Waals surface area contributed by atoms with Crippen molar-refractivity contribution < 1.29 is 9.90 Å². The predicted molar refractivity (Wildman–Crippen MR) is 48.2 cm³/mol. The molecule has 13 heavy (non-hydrogen) atoms. The van der Waals surface area contributed by atoms with Crippen LogP contribution in [-0.4, -0.2) is 11.1 Å². The number of hydrogen-bond donors (Lipinski definition) is 2. The van der Waals surface area contributed by atoms with Crippen molar-refractivity contribution in [2.45, 2.75) is 12.5 Å². The molecule has 1 aliphatic rings. The molecule has 2 atom stereocenters. The molecule has 0 bridgehead atoms. The molecule has 68 valence electrons. The first-order valence-corrected chi connectivity index (χ1v) is 4.26. The van der Waals surface area contributed by atoms with Crippen molar-refractivity contribution in [1.29, 1.82) is 0 Å². The van der Waals surface area contributed by atoms with Gasteiger partial charge in [-0.05, 0) is 17.5 Å². The summed E-state index contributed by atoms with van der Waals surface area (Å²) >= 11 is 0. The molecule has 1 aromatic carbocycles. The fraction of sp³-hybridized carbons (Fsp3) is 0.300. The van der Waals surface area contributed by atoms with Gasteiger partial charge in [-0.3, -0.25) is 4.79 Å². The Morgan fingerprint density at radius 3 is 2.77 bits per heavy atom. The number of benzene rings is 1. The van der Waals surface area contributed by atoms with Crippen LogP contribution in [0.5, 0.6) is 0 Å². The Balaban J connectivity index is 2.38. The van der Waals surface area contributed by atoms with Crippen LogP contribution in [0, 0.1) is 5.92 Å². The fourth-order valence-electron chi connectivity index (χ4n) is 1.87. The molecule has 0 radical (unpaired) electrons. The van der Waals surface area contributed by atoms with Crippen molar-refractivity contribution in [3.05, 3.63) is 35.4 Å². The van der Waals surface area contributed by atoms with E-state index >= 15 is 0 Å². The molecular weight excluding hydrogens is 166 g/mol. The number of carboxylic acid groups (broad SMARTS) is 1. The minimum Gasteiger partial charge on any atom is -0.481 e. The third kappa shape index (κ3) is 1.21. The second-order valence-electron chi connectivity index (χ2n) is 3.37. The number of nitrogens with two attached hydrogens (primary N) is 1. The highest BCUT2D eigenvalue weighted by molar-refractivity contribution is 5.73. The van der Waals surface area contributed by atoms with Crippen LogP contribution >= 0.6 is 0 Å². The first-order valence-electron chi connectivity index (χ1n) is 4.26. The Morgan fingerprint density at radius 1 is 1.46 bits per heavy atom. The third-order valence-corrected chi connectivity index (χ3v) is 2.60. The zero-order valence-corrected chi connectivity index (χ0v) is 7.10. The van der Waals surface area contributed by atoms with Gasteiger partial charge in [0.2, 0.25) is 0 Å². The van der Waals surface area contributed by atoms with Crippen LogP contribution in [0.4, 0.5) is 0 Å². The van der Waals surface area contributed by atoms with Crippen molar-refractivity contribution >= 4 is 5.97 Å². The number of carboxylic acids is 1. The molecule has 0 amide bonds.